The van der Waals surface area contributed by atoms with Gasteiger partial charge in [-0.05, 0) is 32.0 Å². The van der Waals surface area contributed by atoms with Crippen molar-refractivity contribution in [3.8, 4) is 0 Å². The minimum atomic E-state index is -0.981. The van der Waals surface area contributed by atoms with Gasteiger partial charge >= 0.3 is 12.1 Å². The number of nitrogens with one attached hydrogen (secondary N) is 2. The van der Waals surface area contributed by atoms with E-state index in [1.165, 1.54) is 17.2 Å². The normalized spacial score (nSPS) is 18.9. The Morgan fingerprint density at radius 3 is 2.69 bits per heavy atom. The number of nitrogens with zero attached hydrogens (tertiary/aromatic N) is 3. The molecule has 9 nitrogen and oxygen atoms in total. The summed E-state index contributed by atoms with van der Waals surface area (Å²) >= 11 is 0. The Labute approximate surface area is 186 Å². The molecule has 1 aliphatic rings. The second-order valence-corrected chi connectivity index (χ2v) is 7.76. The molecule has 1 aromatic heterocycles. The molecule has 3 rings (SSSR count). The molecular formula is C22H28FN5O4. The second kappa shape index (κ2) is 10.4. The minimum absolute atomic E-state index is 0.0561. The van der Waals surface area contributed by atoms with Crippen LogP contribution in [0.2, 0.25) is 0 Å². The zero-order valence-corrected chi connectivity index (χ0v) is 18.3. The van der Waals surface area contributed by atoms with Crippen molar-refractivity contribution in [2.45, 2.75) is 32.5 Å². The van der Waals surface area contributed by atoms with Crippen molar-refractivity contribution >= 4 is 23.5 Å². The van der Waals surface area contributed by atoms with E-state index >= 15 is 4.39 Å². The van der Waals surface area contributed by atoms with Crippen molar-refractivity contribution in [3.63, 3.8) is 0 Å². The maximum absolute atomic E-state index is 15.2. The van der Waals surface area contributed by atoms with Gasteiger partial charge in [-0.2, -0.15) is 0 Å². The Balaban J connectivity index is 1.71. The first-order valence-corrected chi connectivity index (χ1v) is 10.3. The van der Waals surface area contributed by atoms with Gasteiger partial charge < -0.3 is 25.4 Å². The lowest BCUT2D eigenvalue weighted by Gasteiger charge is -2.45. The molecule has 32 heavy (non-hydrogen) atoms. The highest BCUT2D eigenvalue weighted by atomic mass is 19.1. The van der Waals surface area contributed by atoms with Crippen LogP contribution in [0, 0.1) is 12.7 Å². The first kappa shape index (κ1) is 23.4. The van der Waals surface area contributed by atoms with Crippen molar-refractivity contribution < 1.29 is 23.8 Å². The topological polar surface area (TPSA) is 107 Å². The molecule has 2 heterocycles. The van der Waals surface area contributed by atoms with E-state index in [0.717, 1.165) is 5.69 Å². The number of ether oxygens (including phenoxy) is 1. The van der Waals surface area contributed by atoms with Crippen LogP contribution >= 0.6 is 0 Å². The number of methoxy groups -OCH3 is 1. The van der Waals surface area contributed by atoms with Gasteiger partial charge in [0, 0.05) is 38.0 Å². The first-order chi connectivity index (χ1) is 15.3. The van der Waals surface area contributed by atoms with Gasteiger partial charge in [0.15, 0.2) is 5.82 Å². The van der Waals surface area contributed by atoms with Crippen molar-refractivity contribution in [3.05, 3.63) is 53.6 Å². The highest BCUT2D eigenvalue weighted by Crippen LogP contribution is 2.24. The summed E-state index contributed by atoms with van der Waals surface area (Å²) in [6.45, 7) is 5.01. The number of hydrogen-bond donors (Lipinski definition) is 3. The number of pyridine rings is 1. The Kier molecular flexibility index (Phi) is 7.60. The zero-order valence-electron chi connectivity index (χ0n) is 18.3. The van der Waals surface area contributed by atoms with Crippen molar-refractivity contribution in [2.75, 3.05) is 37.4 Å². The van der Waals surface area contributed by atoms with Crippen molar-refractivity contribution in [2.24, 2.45) is 0 Å². The fraction of sp³-hybridized carbons (Fsp3) is 0.409. The largest absolute Gasteiger partial charge is 0.465 e. The monoisotopic (exact) mass is 445 g/mol. The lowest BCUT2D eigenvalue weighted by atomic mass is 10.0. The average molecular weight is 445 g/mol. The van der Waals surface area contributed by atoms with Crippen LogP contribution in [0.1, 0.15) is 18.2 Å². The fourth-order valence-electron chi connectivity index (χ4n) is 3.84. The number of halogens is 1. The quantitative estimate of drug-likeness (QED) is 0.629. The number of piperazine rings is 1. The number of hydrogen-bond acceptors (Lipinski definition) is 5. The number of benzene rings is 1. The molecular weight excluding hydrogens is 417 g/mol. The van der Waals surface area contributed by atoms with Crippen LogP contribution in [0.4, 0.5) is 25.4 Å². The van der Waals surface area contributed by atoms with Gasteiger partial charge in [0.25, 0.3) is 0 Å². The standard InChI is InChI=1S/C22H28FN5O4/c1-14-7-8-17(11-24-14)25-21(29)26-18-6-4-5-16(20(18)23)12-27-9-10-28(22(30)31)15(2)19(27)13-32-3/h4-8,11,15,19H,9-10,12-13H2,1-3H3,(H,30,31)(H2,25,26,29)/t15?,19-/m1/s1. The molecule has 1 unspecified atom stereocenters. The van der Waals surface area contributed by atoms with Crippen LogP contribution in [0.15, 0.2) is 36.5 Å². The Morgan fingerprint density at radius 2 is 2.03 bits per heavy atom. The first-order valence-electron chi connectivity index (χ1n) is 10.3. The summed E-state index contributed by atoms with van der Waals surface area (Å²) in [6, 6.07) is 7.18. The summed E-state index contributed by atoms with van der Waals surface area (Å²) in [7, 11) is 1.55. The number of rotatable bonds is 6. The molecule has 1 aliphatic heterocycles. The highest BCUT2D eigenvalue weighted by molar-refractivity contribution is 5.99. The average Bonchev–Trinajstić information content (AvgIpc) is 2.75. The molecule has 1 fully saturated rings. The van der Waals surface area contributed by atoms with Gasteiger partial charge in [0.1, 0.15) is 0 Å². The Morgan fingerprint density at radius 1 is 1.25 bits per heavy atom. The number of aryl methyl sites for hydroxylation is 1. The van der Waals surface area contributed by atoms with E-state index in [1.807, 2.05) is 18.7 Å². The summed E-state index contributed by atoms with van der Waals surface area (Å²) in [5, 5.41) is 14.6. The van der Waals surface area contributed by atoms with Gasteiger partial charge in [0.05, 0.1) is 36.3 Å². The molecule has 172 valence electrons. The molecule has 1 aromatic carbocycles. The number of amides is 3. The van der Waals surface area contributed by atoms with Crippen LogP contribution in [-0.2, 0) is 11.3 Å². The van der Waals surface area contributed by atoms with Gasteiger partial charge in [0.2, 0.25) is 0 Å². The van der Waals surface area contributed by atoms with Crippen LogP contribution in [0.25, 0.3) is 0 Å². The van der Waals surface area contributed by atoms with E-state index < -0.39 is 17.9 Å². The number of carbonyl (C=O) groups is 2. The van der Waals surface area contributed by atoms with Gasteiger partial charge in [-0.15, -0.1) is 0 Å². The number of carbonyl (C=O) groups excluding carboxylic acids is 1. The summed E-state index contributed by atoms with van der Waals surface area (Å²) < 4.78 is 20.5. The number of anilines is 2. The Hall–Kier alpha value is -3.24. The van der Waals surface area contributed by atoms with Crippen molar-refractivity contribution in [1.29, 1.82) is 0 Å². The summed E-state index contributed by atoms with van der Waals surface area (Å²) in [5.41, 5.74) is 1.77. The summed E-state index contributed by atoms with van der Waals surface area (Å²) in [6.07, 6.45) is 0.542. The number of urea groups is 1. The molecule has 1 saturated heterocycles. The fourth-order valence-corrected chi connectivity index (χ4v) is 3.84. The predicted octanol–water partition coefficient (Wildman–Crippen LogP) is 3.37. The SMILES string of the molecule is COC[C@@H]1C(C)N(C(=O)O)CCN1Cc1cccc(NC(=O)Nc2ccc(C)nc2)c1F. The van der Waals surface area contributed by atoms with E-state index in [2.05, 4.69) is 15.6 Å². The third kappa shape index (κ3) is 5.51. The van der Waals surface area contributed by atoms with Crippen LogP contribution in [0.3, 0.4) is 0 Å². The summed E-state index contributed by atoms with van der Waals surface area (Å²) in [5.74, 6) is -0.533. The van der Waals surface area contributed by atoms with Crippen LogP contribution in [-0.4, -0.2) is 70.9 Å². The van der Waals surface area contributed by atoms with Crippen LogP contribution in [0.5, 0.6) is 0 Å². The lowest BCUT2D eigenvalue weighted by Crippen LogP contribution is -2.60. The van der Waals surface area contributed by atoms with E-state index in [0.29, 0.717) is 30.9 Å². The molecule has 2 aromatic rings. The molecule has 3 amide bonds. The van der Waals surface area contributed by atoms with E-state index in [-0.39, 0.29) is 24.3 Å². The van der Waals surface area contributed by atoms with Crippen molar-refractivity contribution in [1.82, 2.24) is 14.8 Å². The third-order valence-corrected chi connectivity index (χ3v) is 5.60. The molecule has 0 radical (unpaired) electrons. The molecule has 2 atom stereocenters. The summed E-state index contributed by atoms with van der Waals surface area (Å²) in [4.78, 5) is 31.3. The van der Waals surface area contributed by atoms with E-state index in [4.69, 9.17) is 4.74 Å². The molecule has 10 heteroatoms. The molecule has 0 bridgehead atoms. The smallest absolute Gasteiger partial charge is 0.407 e. The maximum Gasteiger partial charge on any atom is 0.407 e. The highest BCUT2D eigenvalue weighted by Gasteiger charge is 2.36. The maximum atomic E-state index is 15.2. The third-order valence-electron chi connectivity index (χ3n) is 5.60. The lowest BCUT2D eigenvalue weighted by molar-refractivity contribution is -0.00900. The number of aromatic nitrogens is 1. The second-order valence-electron chi connectivity index (χ2n) is 7.76. The van der Waals surface area contributed by atoms with E-state index in [9.17, 15) is 14.7 Å². The zero-order chi connectivity index (χ0) is 23.3. The van der Waals surface area contributed by atoms with Gasteiger partial charge in [-0.1, -0.05) is 12.1 Å². The Bertz CT molecular complexity index is 956. The minimum Gasteiger partial charge on any atom is -0.465 e. The van der Waals surface area contributed by atoms with Gasteiger partial charge in [-0.3, -0.25) is 9.88 Å². The van der Waals surface area contributed by atoms with E-state index in [1.54, 1.807) is 31.4 Å². The van der Waals surface area contributed by atoms with Crippen LogP contribution < -0.4 is 10.6 Å². The molecule has 0 saturated carbocycles. The molecule has 0 aliphatic carbocycles. The predicted molar refractivity (Wildman–Crippen MR) is 118 cm³/mol. The number of carboxylic acid groups (broad SMARTS) is 1. The molecule has 3 N–H and O–H groups in total. The van der Waals surface area contributed by atoms with Gasteiger partial charge in [-0.25, -0.2) is 14.0 Å². The molecule has 0 spiro atoms.